The lowest BCUT2D eigenvalue weighted by Gasteiger charge is -2.07. The third-order valence-corrected chi connectivity index (χ3v) is 3.03. The third kappa shape index (κ3) is 2.73. The van der Waals surface area contributed by atoms with Gasteiger partial charge in [-0.15, -0.1) is 0 Å². The van der Waals surface area contributed by atoms with Crippen molar-refractivity contribution in [3.8, 4) is 0 Å². The molecule has 1 heterocycles. The van der Waals surface area contributed by atoms with E-state index in [1.165, 1.54) is 6.07 Å². The van der Waals surface area contributed by atoms with Crippen molar-refractivity contribution < 1.29 is 18.3 Å². The number of imidazole rings is 1. The Labute approximate surface area is 108 Å². The van der Waals surface area contributed by atoms with Gasteiger partial charge in [0.25, 0.3) is 0 Å². The van der Waals surface area contributed by atoms with E-state index in [0.717, 1.165) is 12.1 Å². The van der Waals surface area contributed by atoms with Gasteiger partial charge in [0.1, 0.15) is 5.82 Å². The second kappa shape index (κ2) is 5.21. The molecule has 3 nitrogen and oxygen atoms in total. The molecule has 6 heteroatoms. The standard InChI is InChI=1S/C13H15F3N2O/c1-2-18-11-6-5-9(13(14,15)16)8-10(11)17-12(18)4-3-7-19/h5-6,8,19H,2-4,7H2,1H3. The van der Waals surface area contributed by atoms with Gasteiger partial charge in [0.15, 0.2) is 0 Å². The van der Waals surface area contributed by atoms with Gasteiger partial charge in [-0.25, -0.2) is 4.98 Å². The largest absolute Gasteiger partial charge is 0.416 e. The van der Waals surface area contributed by atoms with Crippen molar-refractivity contribution in [1.82, 2.24) is 9.55 Å². The Hall–Kier alpha value is -1.56. The highest BCUT2D eigenvalue weighted by molar-refractivity contribution is 5.77. The third-order valence-electron chi connectivity index (χ3n) is 3.03. The number of aliphatic hydroxyl groups is 1. The topological polar surface area (TPSA) is 38.0 Å². The first-order chi connectivity index (χ1) is 8.97. The van der Waals surface area contributed by atoms with Crippen LogP contribution in [0.5, 0.6) is 0 Å². The molecule has 2 rings (SSSR count). The molecular formula is C13H15F3N2O. The molecule has 0 bridgehead atoms. The summed E-state index contributed by atoms with van der Waals surface area (Å²) in [6.07, 6.45) is -3.24. The molecule has 1 aromatic heterocycles. The highest BCUT2D eigenvalue weighted by Crippen LogP contribution is 2.31. The van der Waals surface area contributed by atoms with Crippen LogP contribution < -0.4 is 0 Å². The number of fused-ring (bicyclic) bond motifs is 1. The van der Waals surface area contributed by atoms with Gasteiger partial charge in [-0.2, -0.15) is 13.2 Å². The van der Waals surface area contributed by atoms with Crippen molar-refractivity contribution >= 4 is 11.0 Å². The van der Waals surface area contributed by atoms with Gasteiger partial charge in [-0.3, -0.25) is 0 Å². The predicted octanol–water partition coefficient (Wildman–Crippen LogP) is 3.00. The highest BCUT2D eigenvalue weighted by atomic mass is 19.4. The monoisotopic (exact) mass is 272 g/mol. The molecule has 0 spiro atoms. The Bertz CT molecular complexity index is 575. The molecule has 0 aliphatic heterocycles. The van der Waals surface area contributed by atoms with Crippen LogP contribution in [0.15, 0.2) is 18.2 Å². The smallest absolute Gasteiger partial charge is 0.396 e. The number of alkyl halides is 3. The van der Waals surface area contributed by atoms with E-state index in [4.69, 9.17) is 5.11 Å². The maximum atomic E-state index is 12.6. The molecule has 19 heavy (non-hydrogen) atoms. The minimum atomic E-state index is -4.35. The Balaban J connectivity index is 2.49. The number of hydrogen-bond donors (Lipinski definition) is 1. The van der Waals surface area contributed by atoms with Gasteiger partial charge in [0.2, 0.25) is 0 Å². The Morgan fingerprint density at radius 3 is 2.63 bits per heavy atom. The quantitative estimate of drug-likeness (QED) is 0.929. The first kappa shape index (κ1) is 13.9. The van der Waals surface area contributed by atoms with Gasteiger partial charge in [-0.1, -0.05) is 0 Å². The Morgan fingerprint density at radius 2 is 2.05 bits per heavy atom. The summed E-state index contributed by atoms with van der Waals surface area (Å²) in [5, 5.41) is 8.83. The lowest BCUT2D eigenvalue weighted by molar-refractivity contribution is -0.137. The summed E-state index contributed by atoms with van der Waals surface area (Å²) >= 11 is 0. The van der Waals surface area contributed by atoms with E-state index in [0.29, 0.717) is 36.2 Å². The molecule has 0 saturated carbocycles. The van der Waals surface area contributed by atoms with Crippen LogP contribution in [-0.2, 0) is 19.1 Å². The van der Waals surface area contributed by atoms with Crippen LogP contribution in [-0.4, -0.2) is 21.3 Å². The molecule has 0 saturated heterocycles. The minimum absolute atomic E-state index is 0.0424. The van der Waals surface area contributed by atoms with Crippen LogP contribution >= 0.6 is 0 Å². The molecule has 2 aromatic rings. The lowest BCUT2D eigenvalue weighted by atomic mass is 10.2. The van der Waals surface area contributed by atoms with Crippen molar-refractivity contribution in [3.63, 3.8) is 0 Å². The van der Waals surface area contributed by atoms with E-state index in [2.05, 4.69) is 4.98 Å². The average Bonchev–Trinajstić information content (AvgIpc) is 2.71. The fourth-order valence-electron chi connectivity index (χ4n) is 2.14. The van der Waals surface area contributed by atoms with Crippen LogP contribution in [0.1, 0.15) is 24.7 Å². The molecule has 0 fully saturated rings. The lowest BCUT2D eigenvalue weighted by Crippen LogP contribution is -2.04. The van der Waals surface area contributed by atoms with E-state index in [1.54, 1.807) is 0 Å². The van der Waals surface area contributed by atoms with E-state index in [9.17, 15) is 13.2 Å². The van der Waals surface area contributed by atoms with Crippen LogP contribution in [0, 0.1) is 0 Å². The molecule has 0 unspecified atom stereocenters. The van der Waals surface area contributed by atoms with Crippen LogP contribution in [0.3, 0.4) is 0 Å². The number of aromatic nitrogens is 2. The first-order valence-electron chi connectivity index (χ1n) is 6.14. The van der Waals surface area contributed by atoms with E-state index in [-0.39, 0.29) is 6.61 Å². The number of aryl methyl sites for hydroxylation is 2. The number of halogens is 3. The zero-order valence-corrected chi connectivity index (χ0v) is 10.5. The van der Waals surface area contributed by atoms with Crippen molar-refractivity contribution in [2.75, 3.05) is 6.61 Å². The fourth-order valence-corrected chi connectivity index (χ4v) is 2.14. The van der Waals surface area contributed by atoms with Crippen molar-refractivity contribution in [2.45, 2.75) is 32.5 Å². The number of rotatable bonds is 4. The van der Waals surface area contributed by atoms with Crippen molar-refractivity contribution in [3.05, 3.63) is 29.6 Å². The molecule has 0 aliphatic carbocycles. The van der Waals surface area contributed by atoms with E-state index >= 15 is 0 Å². The molecular weight excluding hydrogens is 257 g/mol. The van der Waals surface area contributed by atoms with E-state index in [1.807, 2.05) is 11.5 Å². The molecule has 0 amide bonds. The highest BCUT2D eigenvalue weighted by Gasteiger charge is 2.31. The molecule has 0 aliphatic rings. The summed E-state index contributed by atoms with van der Waals surface area (Å²) in [6.45, 7) is 2.60. The van der Waals surface area contributed by atoms with Crippen LogP contribution in [0.2, 0.25) is 0 Å². The number of nitrogens with zero attached hydrogens (tertiary/aromatic N) is 2. The number of benzene rings is 1. The summed E-state index contributed by atoms with van der Waals surface area (Å²) in [6, 6.07) is 3.60. The summed E-state index contributed by atoms with van der Waals surface area (Å²) in [5.74, 6) is 0.714. The second-order valence-electron chi connectivity index (χ2n) is 4.30. The summed E-state index contributed by atoms with van der Waals surface area (Å²) < 4.78 is 39.8. The predicted molar refractivity (Wildman–Crippen MR) is 65.8 cm³/mol. The van der Waals surface area contributed by atoms with Gasteiger partial charge < -0.3 is 9.67 Å². The van der Waals surface area contributed by atoms with Crippen LogP contribution in [0.25, 0.3) is 11.0 Å². The summed E-state index contributed by atoms with van der Waals surface area (Å²) in [5.41, 5.74) is 0.363. The Morgan fingerprint density at radius 1 is 1.32 bits per heavy atom. The molecule has 104 valence electrons. The van der Waals surface area contributed by atoms with Crippen molar-refractivity contribution in [1.29, 1.82) is 0 Å². The maximum Gasteiger partial charge on any atom is 0.416 e. The summed E-state index contributed by atoms with van der Waals surface area (Å²) in [4.78, 5) is 4.25. The zero-order valence-electron chi connectivity index (χ0n) is 10.5. The first-order valence-corrected chi connectivity index (χ1v) is 6.14. The SMILES string of the molecule is CCn1c(CCCO)nc2cc(C(F)(F)F)ccc21. The normalized spacial score (nSPS) is 12.3. The minimum Gasteiger partial charge on any atom is -0.396 e. The van der Waals surface area contributed by atoms with Gasteiger partial charge in [0, 0.05) is 19.6 Å². The van der Waals surface area contributed by atoms with Gasteiger partial charge >= 0.3 is 6.18 Å². The molecule has 0 radical (unpaired) electrons. The second-order valence-corrected chi connectivity index (χ2v) is 4.30. The summed E-state index contributed by atoms with van der Waals surface area (Å²) in [7, 11) is 0. The molecule has 1 N–H and O–H groups in total. The Kier molecular flexibility index (Phi) is 3.80. The van der Waals surface area contributed by atoms with Crippen molar-refractivity contribution in [2.24, 2.45) is 0 Å². The fraction of sp³-hybridized carbons (Fsp3) is 0.462. The number of aliphatic hydroxyl groups excluding tert-OH is 1. The van der Waals surface area contributed by atoms with Gasteiger partial charge in [0.05, 0.1) is 16.6 Å². The molecule has 0 atom stereocenters. The van der Waals surface area contributed by atoms with E-state index < -0.39 is 11.7 Å². The number of hydrogen-bond acceptors (Lipinski definition) is 2. The zero-order chi connectivity index (χ0) is 14.0. The average molecular weight is 272 g/mol. The van der Waals surface area contributed by atoms with Crippen LogP contribution in [0.4, 0.5) is 13.2 Å². The molecule has 1 aromatic carbocycles. The van der Waals surface area contributed by atoms with Gasteiger partial charge in [-0.05, 0) is 31.5 Å². The maximum absolute atomic E-state index is 12.6.